The lowest BCUT2D eigenvalue weighted by atomic mass is 10.0. The minimum absolute atomic E-state index is 0. The second-order valence-corrected chi connectivity index (χ2v) is 7.85. The number of benzene rings is 1. The molecule has 0 saturated carbocycles. The van der Waals surface area contributed by atoms with Gasteiger partial charge in [-0.05, 0) is 19.9 Å². The van der Waals surface area contributed by atoms with Crippen LogP contribution in [0, 0.1) is 0 Å². The van der Waals surface area contributed by atoms with Crippen LogP contribution in [0.1, 0.15) is 25.5 Å². The largest absolute Gasteiger partial charge is 0.496 e. The summed E-state index contributed by atoms with van der Waals surface area (Å²) in [5.41, 5.74) is 0.885. The van der Waals surface area contributed by atoms with Crippen molar-refractivity contribution < 1.29 is 17.9 Å². The molecule has 0 aromatic heterocycles. The van der Waals surface area contributed by atoms with Gasteiger partial charge in [0.25, 0.3) is 0 Å². The fourth-order valence-corrected chi connectivity index (χ4v) is 4.22. The third-order valence-electron chi connectivity index (χ3n) is 3.84. The van der Waals surface area contributed by atoms with Gasteiger partial charge >= 0.3 is 0 Å². The maximum absolute atomic E-state index is 12.7. The SMILES string of the molecule is COc1ccccc1C1CNCCN1S(=O)(=O)CCOC(C)C.Cl. The highest BCUT2D eigenvalue weighted by Gasteiger charge is 2.34. The first-order chi connectivity index (χ1) is 11.0. The predicted molar refractivity (Wildman–Crippen MR) is 97.4 cm³/mol. The van der Waals surface area contributed by atoms with Crippen LogP contribution in [0.15, 0.2) is 24.3 Å². The van der Waals surface area contributed by atoms with Crippen molar-refractivity contribution in [2.45, 2.75) is 26.0 Å². The maximum atomic E-state index is 12.7. The van der Waals surface area contributed by atoms with Crippen molar-refractivity contribution in [1.29, 1.82) is 0 Å². The Morgan fingerprint density at radius 2 is 2.04 bits per heavy atom. The molecule has 1 saturated heterocycles. The van der Waals surface area contributed by atoms with Gasteiger partial charge in [-0.2, -0.15) is 4.31 Å². The third kappa shape index (κ3) is 5.32. The van der Waals surface area contributed by atoms with Crippen LogP contribution in [0.25, 0.3) is 0 Å². The highest BCUT2D eigenvalue weighted by Crippen LogP contribution is 2.31. The van der Waals surface area contributed by atoms with E-state index >= 15 is 0 Å². The van der Waals surface area contributed by atoms with E-state index in [9.17, 15) is 8.42 Å². The fourth-order valence-electron chi connectivity index (χ4n) is 2.73. The number of rotatable bonds is 7. The van der Waals surface area contributed by atoms with Gasteiger partial charge in [0.05, 0.1) is 31.6 Å². The van der Waals surface area contributed by atoms with Crippen LogP contribution in [0.5, 0.6) is 5.75 Å². The Morgan fingerprint density at radius 1 is 1.33 bits per heavy atom. The highest BCUT2D eigenvalue weighted by molar-refractivity contribution is 7.89. The fraction of sp³-hybridized carbons (Fsp3) is 0.625. The van der Waals surface area contributed by atoms with E-state index < -0.39 is 10.0 Å². The molecule has 1 aliphatic heterocycles. The van der Waals surface area contributed by atoms with Crippen molar-refractivity contribution >= 4 is 22.4 Å². The Labute approximate surface area is 151 Å². The first-order valence-electron chi connectivity index (χ1n) is 7.90. The molecule has 1 heterocycles. The summed E-state index contributed by atoms with van der Waals surface area (Å²) in [4.78, 5) is 0. The molecule has 0 aliphatic carbocycles. The number of piperazine rings is 1. The molecular formula is C16H27ClN2O4S. The Hall–Kier alpha value is -0.860. The van der Waals surface area contributed by atoms with E-state index in [4.69, 9.17) is 9.47 Å². The normalized spacial score (nSPS) is 19.1. The lowest BCUT2D eigenvalue weighted by molar-refractivity contribution is 0.0903. The van der Waals surface area contributed by atoms with Crippen LogP contribution in [-0.2, 0) is 14.8 Å². The molecule has 0 amide bonds. The molecule has 1 N–H and O–H groups in total. The molecule has 1 aromatic rings. The molecule has 0 radical (unpaired) electrons. The van der Waals surface area contributed by atoms with Gasteiger partial charge in [0, 0.05) is 25.2 Å². The molecule has 1 unspecified atom stereocenters. The molecule has 2 rings (SSSR count). The summed E-state index contributed by atoms with van der Waals surface area (Å²) in [6.45, 7) is 5.68. The Morgan fingerprint density at radius 3 is 2.71 bits per heavy atom. The van der Waals surface area contributed by atoms with E-state index in [1.807, 2.05) is 38.1 Å². The van der Waals surface area contributed by atoms with Gasteiger partial charge < -0.3 is 14.8 Å². The molecule has 8 heteroatoms. The molecule has 1 aromatic carbocycles. The van der Waals surface area contributed by atoms with E-state index in [0.717, 1.165) is 5.56 Å². The second kappa shape index (κ2) is 9.58. The average molecular weight is 379 g/mol. The first-order valence-corrected chi connectivity index (χ1v) is 9.51. The van der Waals surface area contributed by atoms with E-state index in [2.05, 4.69) is 5.32 Å². The number of para-hydroxylation sites is 1. The molecule has 138 valence electrons. The van der Waals surface area contributed by atoms with Crippen LogP contribution in [0.4, 0.5) is 0 Å². The smallest absolute Gasteiger partial charge is 0.217 e. The van der Waals surface area contributed by atoms with Crippen molar-refractivity contribution in [3.05, 3.63) is 29.8 Å². The summed E-state index contributed by atoms with van der Waals surface area (Å²) in [7, 11) is -1.79. The summed E-state index contributed by atoms with van der Waals surface area (Å²) in [6, 6.07) is 7.30. The standard InChI is InChI=1S/C16H26N2O4S.ClH/c1-13(2)22-10-11-23(19,20)18-9-8-17-12-15(18)14-6-4-5-7-16(14)21-3;/h4-7,13,15,17H,8-12H2,1-3H3;1H. The zero-order valence-corrected chi connectivity index (χ0v) is 16.0. The monoisotopic (exact) mass is 378 g/mol. The number of sulfonamides is 1. The average Bonchev–Trinajstić information content (AvgIpc) is 2.54. The van der Waals surface area contributed by atoms with Gasteiger partial charge in [-0.25, -0.2) is 8.42 Å². The number of hydrogen-bond donors (Lipinski definition) is 1. The quantitative estimate of drug-likeness (QED) is 0.783. The Kier molecular flexibility index (Phi) is 8.45. The third-order valence-corrected chi connectivity index (χ3v) is 5.68. The number of ether oxygens (including phenoxy) is 2. The first kappa shape index (κ1) is 21.2. The van der Waals surface area contributed by atoms with Crippen molar-refractivity contribution in [2.24, 2.45) is 0 Å². The van der Waals surface area contributed by atoms with E-state index in [0.29, 0.717) is 25.4 Å². The van der Waals surface area contributed by atoms with Gasteiger partial charge in [0.2, 0.25) is 10.0 Å². The number of methoxy groups -OCH3 is 1. The highest BCUT2D eigenvalue weighted by atomic mass is 35.5. The van der Waals surface area contributed by atoms with Crippen LogP contribution in [-0.4, -0.2) is 57.9 Å². The molecule has 6 nitrogen and oxygen atoms in total. The zero-order chi connectivity index (χ0) is 16.9. The van der Waals surface area contributed by atoms with Crippen LogP contribution < -0.4 is 10.1 Å². The van der Waals surface area contributed by atoms with Gasteiger partial charge in [-0.1, -0.05) is 18.2 Å². The lowest BCUT2D eigenvalue weighted by Gasteiger charge is -2.36. The topological polar surface area (TPSA) is 67.9 Å². The minimum Gasteiger partial charge on any atom is -0.496 e. The summed E-state index contributed by atoms with van der Waals surface area (Å²) in [5.74, 6) is 0.705. The summed E-state index contributed by atoms with van der Waals surface area (Å²) >= 11 is 0. The zero-order valence-electron chi connectivity index (χ0n) is 14.4. The molecule has 0 bridgehead atoms. The molecule has 1 fully saturated rings. The number of nitrogens with one attached hydrogen (secondary N) is 1. The number of hydrogen-bond acceptors (Lipinski definition) is 5. The number of halogens is 1. The molecule has 1 atom stereocenters. The van der Waals surface area contributed by atoms with Gasteiger partial charge in [-0.3, -0.25) is 0 Å². The minimum atomic E-state index is -3.39. The second-order valence-electron chi connectivity index (χ2n) is 5.81. The number of nitrogens with zero attached hydrogens (tertiary/aromatic N) is 1. The van der Waals surface area contributed by atoms with E-state index in [1.54, 1.807) is 11.4 Å². The molecule has 0 spiro atoms. The van der Waals surface area contributed by atoms with Crippen LogP contribution >= 0.6 is 12.4 Å². The van der Waals surface area contributed by atoms with Crippen molar-refractivity contribution in [3.8, 4) is 5.75 Å². The van der Waals surface area contributed by atoms with Crippen molar-refractivity contribution in [2.75, 3.05) is 39.1 Å². The summed E-state index contributed by atoms with van der Waals surface area (Å²) < 4.78 is 37.8. The van der Waals surface area contributed by atoms with Crippen molar-refractivity contribution in [3.63, 3.8) is 0 Å². The van der Waals surface area contributed by atoms with Gasteiger partial charge in [0.1, 0.15) is 5.75 Å². The van der Waals surface area contributed by atoms with E-state index in [1.165, 1.54) is 0 Å². The summed E-state index contributed by atoms with van der Waals surface area (Å²) in [6.07, 6.45) is 0.0261. The van der Waals surface area contributed by atoms with Gasteiger partial charge in [0.15, 0.2) is 0 Å². The van der Waals surface area contributed by atoms with Crippen LogP contribution in [0.3, 0.4) is 0 Å². The van der Waals surface area contributed by atoms with Crippen LogP contribution in [0.2, 0.25) is 0 Å². The predicted octanol–water partition coefficient (Wildman–Crippen LogP) is 1.82. The lowest BCUT2D eigenvalue weighted by Crippen LogP contribution is -2.49. The summed E-state index contributed by atoms with van der Waals surface area (Å²) in [5, 5.41) is 3.27. The van der Waals surface area contributed by atoms with E-state index in [-0.39, 0.29) is 36.9 Å². The Bertz CT molecular complexity index is 610. The Balaban J connectivity index is 0.00000288. The van der Waals surface area contributed by atoms with Gasteiger partial charge in [-0.15, -0.1) is 12.4 Å². The molecule has 1 aliphatic rings. The maximum Gasteiger partial charge on any atom is 0.217 e. The molecular weight excluding hydrogens is 352 g/mol. The molecule has 24 heavy (non-hydrogen) atoms. The van der Waals surface area contributed by atoms with Crippen molar-refractivity contribution in [1.82, 2.24) is 9.62 Å².